The smallest absolute Gasteiger partial charge is 0.0615 e. The second-order valence-electron chi connectivity index (χ2n) is 5.44. The second-order valence-corrected chi connectivity index (χ2v) is 5.44. The highest BCUT2D eigenvalue weighted by Crippen LogP contribution is 2.57. The van der Waals surface area contributed by atoms with E-state index in [1.54, 1.807) is 0 Å². The molecular weight excluding hydrogens is 198 g/mol. The summed E-state index contributed by atoms with van der Waals surface area (Å²) in [5.41, 5.74) is 0.698. The molecule has 2 aliphatic carbocycles. The summed E-state index contributed by atoms with van der Waals surface area (Å²) in [6.07, 6.45) is 9.21. The van der Waals surface area contributed by atoms with Gasteiger partial charge in [0.25, 0.3) is 0 Å². The van der Waals surface area contributed by atoms with Crippen LogP contribution in [0.3, 0.4) is 0 Å². The summed E-state index contributed by atoms with van der Waals surface area (Å²) in [6.45, 7) is 3.82. The zero-order valence-electron chi connectivity index (χ0n) is 10.6. The summed E-state index contributed by atoms with van der Waals surface area (Å²) < 4.78 is 0. The molecule has 2 atom stereocenters. The van der Waals surface area contributed by atoms with Gasteiger partial charge in [-0.05, 0) is 57.8 Å². The molecule has 0 radical (unpaired) electrons. The van der Waals surface area contributed by atoms with Gasteiger partial charge in [0.15, 0.2) is 0 Å². The summed E-state index contributed by atoms with van der Waals surface area (Å²) in [4.78, 5) is 0. The van der Waals surface area contributed by atoms with Crippen molar-refractivity contribution in [2.24, 2.45) is 11.3 Å². The van der Waals surface area contributed by atoms with Crippen LogP contribution in [0.2, 0.25) is 0 Å². The van der Waals surface area contributed by atoms with E-state index in [0.29, 0.717) is 23.5 Å². The lowest BCUT2D eigenvalue weighted by Gasteiger charge is -2.40. The first-order valence-corrected chi connectivity index (χ1v) is 6.46. The quantitative estimate of drug-likeness (QED) is 0.617. The Labute approximate surface area is 99.1 Å². The normalized spacial score (nSPS) is 31.7. The largest absolute Gasteiger partial charge is 0.388 e. The predicted molar refractivity (Wildman–Crippen MR) is 68.0 cm³/mol. The molecule has 0 aromatic carbocycles. The fraction of sp³-hybridized carbons (Fsp3) is 0.846. The average Bonchev–Trinajstić information content (AvgIpc) is 3.03. The van der Waals surface area contributed by atoms with Crippen LogP contribution in [0.4, 0.5) is 0 Å². The Morgan fingerprint density at radius 2 is 1.94 bits per heavy atom. The Bertz CT molecular complexity index is 244. The van der Waals surface area contributed by atoms with Gasteiger partial charge in [0.2, 0.25) is 0 Å². The lowest BCUT2D eigenvalue weighted by molar-refractivity contribution is 0.153. The fourth-order valence-electron chi connectivity index (χ4n) is 3.33. The van der Waals surface area contributed by atoms with Gasteiger partial charge in [-0.1, -0.05) is 6.58 Å². The van der Waals surface area contributed by atoms with Crippen LogP contribution in [0.1, 0.15) is 32.1 Å². The summed E-state index contributed by atoms with van der Waals surface area (Å²) in [5, 5.41) is 10.2. The van der Waals surface area contributed by atoms with Crippen molar-refractivity contribution < 1.29 is 0 Å². The SMILES string of the molecule is C=CN[C@H]1CC2(CCC1C(NC)NC)CC2. The molecule has 3 N–H and O–H groups in total. The molecule has 1 unspecified atom stereocenters. The highest BCUT2D eigenvalue weighted by Gasteiger charge is 2.49. The number of hydrogen-bond acceptors (Lipinski definition) is 3. The first-order chi connectivity index (χ1) is 7.74. The first kappa shape index (κ1) is 11.9. The number of rotatable bonds is 5. The van der Waals surface area contributed by atoms with Crippen molar-refractivity contribution in [3.63, 3.8) is 0 Å². The molecule has 0 aliphatic heterocycles. The van der Waals surface area contributed by atoms with Crippen LogP contribution in [0, 0.1) is 11.3 Å². The molecule has 2 aliphatic rings. The van der Waals surface area contributed by atoms with Crippen LogP contribution >= 0.6 is 0 Å². The van der Waals surface area contributed by atoms with Gasteiger partial charge < -0.3 is 16.0 Å². The lowest BCUT2D eigenvalue weighted by Crippen LogP contribution is -2.53. The minimum Gasteiger partial charge on any atom is -0.388 e. The molecule has 0 aromatic heterocycles. The van der Waals surface area contributed by atoms with Gasteiger partial charge in [-0.25, -0.2) is 0 Å². The van der Waals surface area contributed by atoms with Crippen LogP contribution in [-0.2, 0) is 0 Å². The summed E-state index contributed by atoms with van der Waals surface area (Å²) in [5.74, 6) is 0.666. The highest BCUT2D eigenvalue weighted by atomic mass is 15.1. The van der Waals surface area contributed by atoms with Crippen molar-refractivity contribution >= 4 is 0 Å². The standard InChI is InChI=1S/C13H25N3/c1-4-16-11-9-13(7-8-13)6-5-10(11)12(14-2)15-3/h4,10-12,14-16H,1,5-9H2,2-3H3/t10?,11-/m0/s1. The fourth-order valence-corrected chi connectivity index (χ4v) is 3.33. The van der Waals surface area contributed by atoms with E-state index < -0.39 is 0 Å². The average molecular weight is 223 g/mol. The third-order valence-electron chi connectivity index (χ3n) is 4.52. The van der Waals surface area contributed by atoms with Crippen LogP contribution < -0.4 is 16.0 Å². The van der Waals surface area contributed by atoms with E-state index in [9.17, 15) is 0 Å². The van der Waals surface area contributed by atoms with Gasteiger partial charge in [0.1, 0.15) is 0 Å². The molecule has 92 valence electrons. The molecule has 16 heavy (non-hydrogen) atoms. The van der Waals surface area contributed by atoms with E-state index in [2.05, 4.69) is 22.5 Å². The Morgan fingerprint density at radius 1 is 1.25 bits per heavy atom. The van der Waals surface area contributed by atoms with Gasteiger partial charge in [-0.15, -0.1) is 0 Å². The van der Waals surface area contributed by atoms with Crippen LogP contribution in [-0.4, -0.2) is 26.3 Å². The van der Waals surface area contributed by atoms with Crippen LogP contribution in [0.5, 0.6) is 0 Å². The molecular formula is C13H25N3. The molecule has 3 heteroatoms. The molecule has 0 heterocycles. The zero-order valence-corrected chi connectivity index (χ0v) is 10.6. The van der Waals surface area contributed by atoms with Crippen molar-refractivity contribution in [1.29, 1.82) is 0 Å². The molecule has 0 aromatic rings. The molecule has 0 amide bonds. The topological polar surface area (TPSA) is 36.1 Å². The van der Waals surface area contributed by atoms with Crippen molar-refractivity contribution in [2.75, 3.05) is 14.1 Å². The van der Waals surface area contributed by atoms with Gasteiger partial charge in [0.05, 0.1) is 6.17 Å². The van der Waals surface area contributed by atoms with Crippen molar-refractivity contribution in [3.05, 3.63) is 12.8 Å². The maximum absolute atomic E-state index is 3.82. The molecule has 0 saturated heterocycles. The van der Waals surface area contributed by atoms with Crippen molar-refractivity contribution in [2.45, 2.75) is 44.3 Å². The molecule has 2 rings (SSSR count). The van der Waals surface area contributed by atoms with Crippen molar-refractivity contribution in [3.8, 4) is 0 Å². The third-order valence-corrected chi connectivity index (χ3v) is 4.52. The van der Waals surface area contributed by atoms with Gasteiger partial charge >= 0.3 is 0 Å². The van der Waals surface area contributed by atoms with Crippen LogP contribution in [0.15, 0.2) is 12.8 Å². The lowest BCUT2D eigenvalue weighted by atomic mass is 9.74. The monoisotopic (exact) mass is 223 g/mol. The van der Waals surface area contributed by atoms with E-state index in [1.165, 1.54) is 32.1 Å². The highest BCUT2D eigenvalue weighted by molar-refractivity contribution is 5.03. The minimum absolute atomic E-state index is 0.411. The Kier molecular flexibility index (Phi) is 3.55. The molecule has 0 bridgehead atoms. The zero-order chi connectivity index (χ0) is 11.6. The third kappa shape index (κ3) is 2.25. The molecule has 3 nitrogen and oxygen atoms in total. The summed E-state index contributed by atoms with van der Waals surface area (Å²) in [6, 6.07) is 0.582. The summed E-state index contributed by atoms with van der Waals surface area (Å²) >= 11 is 0. The molecule has 1 spiro atoms. The van der Waals surface area contributed by atoms with E-state index in [-0.39, 0.29) is 0 Å². The van der Waals surface area contributed by atoms with E-state index in [1.807, 2.05) is 20.3 Å². The Balaban J connectivity index is 2.01. The van der Waals surface area contributed by atoms with Crippen LogP contribution in [0.25, 0.3) is 0 Å². The summed E-state index contributed by atoms with van der Waals surface area (Å²) in [7, 11) is 4.07. The van der Waals surface area contributed by atoms with Gasteiger partial charge in [0, 0.05) is 12.0 Å². The van der Waals surface area contributed by atoms with Gasteiger partial charge in [-0.3, -0.25) is 0 Å². The second kappa shape index (κ2) is 4.76. The number of hydrogen-bond donors (Lipinski definition) is 3. The predicted octanol–water partition coefficient (Wildman–Crippen LogP) is 1.43. The van der Waals surface area contributed by atoms with Crippen molar-refractivity contribution in [1.82, 2.24) is 16.0 Å². The molecule has 2 saturated carbocycles. The maximum atomic E-state index is 3.82. The van der Waals surface area contributed by atoms with E-state index in [0.717, 1.165) is 0 Å². The number of nitrogens with one attached hydrogen (secondary N) is 3. The molecule has 2 fully saturated rings. The van der Waals surface area contributed by atoms with Gasteiger partial charge in [-0.2, -0.15) is 0 Å². The Morgan fingerprint density at radius 3 is 2.44 bits per heavy atom. The first-order valence-electron chi connectivity index (χ1n) is 6.46. The minimum atomic E-state index is 0.411. The van der Waals surface area contributed by atoms with E-state index in [4.69, 9.17) is 0 Å². The van der Waals surface area contributed by atoms with E-state index >= 15 is 0 Å². The maximum Gasteiger partial charge on any atom is 0.0615 e. The Hall–Kier alpha value is -0.540.